The van der Waals surface area contributed by atoms with Gasteiger partial charge in [0.05, 0.1) is 26.2 Å². The van der Waals surface area contributed by atoms with E-state index >= 15 is 0 Å². The molecule has 0 heterocycles. The van der Waals surface area contributed by atoms with E-state index in [1.54, 1.807) is 37.3 Å². The Kier molecular flexibility index (Phi) is 5.18. The Bertz CT molecular complexity index is 753. The quantitative estimate of drug-likeness (QED) is 0.459. The van der Waals surface area contributed by atoms with Crippen LogP contribution in [-0.4, -0.2) is 10.0 Å². The summed E-state index contributed by atoms with van der Waals surface area (Å²) in [6.07, 6.45) is 0. The number of anilines is 2. The Labute approximate surface area is 142 Å². The smallest absolute Gasteiger partial charge is 0.274 e. The van der Waals surface area contributed by atoms with Crippen molar-refractivity contribution in [3.63, 3.8) is 0 Å². The lowest BCUT2D eigenvalue weighted by Crippen LogP contribution is -2.19. The van der Waals surface area contributed by atoms with E-state index in [1.807, 2.05) is 0 Å². The zero-order valence-corrected chi connectivity index (χ0v) is 13.7. The van der Waals surface area contributed by atoms with Gasteiger partial charge >= 0.3 is 0 Å². The van der Waals surface area contributed by atoms with Crippen molar-refractivity contribution in [1.29, 1.82) is 0 Å². The lowest BCUT2D eigenvalue weighted by atomic mass is 10.1. The molecule has 0 aliphatic rings. The third-order valence-electron chi connectivity index (χ3n) is 2.93. The third kappa shape index (κ3) is 3.85. The van der Waals surface area contributed by atoms with Gasteiger partial charge in [-0.05, 0) is 43.4 Å². The summed E-state index contributed by atoms with van der Waals surface area (Å²) in [7, 11) is 0. The highest BCUT2D eigenvalue weighted by atomic mass is 35.5. The Morgan fingerprint density at radius 2 is 1.91 bits per heavy atom. The number of halogens is 2. The van der Waals surface area contributed by atoms with Crippen molar-refractivity contribution in [2.45, 2.75) is 6.92 Å². The van der Waals surface area contributed by atoms with Gasteiger partial charge in [-0.25, -0.2) is 0 Å². The minimum Gasteiger partial charge on any atom is -0.332 e. The fourth-order valence-electron chi connectivity index (χ4n) is 1.82. The van der Waals surface area contributed by atoms with Crippen molar-refractivity contribution in [3.05, 3.63) is 62.1 Å². The predicted octanol–water partition coefficient (Wildman–Crippen LogP) is 5.02. The highest BCUT2D eigenvalue weighted by molar-refractivity contribution is 7.80. The summed E-state index contributed by atoms with van der Waals surface area (Å²) in [4.78, 5) is 10.5. The van der Waals surface area contributed by atoms with Gasteiger partial charge in [0.25, 0.3) is 5.69 Å². The number of rotatable bonds is 3. The average molecular weight is 356 g/mol. The summed E-state index contributed by atoms with van der Waals surface area (Å²) in [5.74, 6) is 0. The molecule has 0 aliphatic heterocycles. The number of hydrogen-bond acceptors (Lipinski definition) is 3. The van der Waals surface area contributed by atoms with E-state index in [2.05, 4.69) is 10.6 Å². The summed E-state index contributed by atoms with van der Waals surface area (Å²) in [6, 6.07) is 9.75. The van der Waals surface area contributed by atoms with E-state index in [9.17, 15) is 10.1 Å². The first-order valence-electron chi connectivity index (χ1n) is 6.15. The van der Waals surface area contributed by atoms with Crippen LogP contribution in [0.2, 0.25) is 10.0 Å². The van der Waals surface area contributed by atoms with Crippen molar-refractivity contribution in [2.24, 2.45) is 0 Å². The summed E-state index contributed by atoms with van der Waals surface area (Å²) in [5, 5.41) is 17.9. The molecule has 0 saturated carbocycles. The van der Waals surface area contributed by atoms with E-state index in [0.29, 0.717) is 32.1 Å². The number of nitro groups is 1. The number of hydrogen-bond donors (Lipinski definition) is 2. The van der Waals surface area contributed by atoms with Crippen LogP contribution >= 0.6 is 35.4 Å². The van der Waals surface area contributed by atoms with E-state index in [0.717, 1.165) is 0 Å². The summed E-state index contributed by atoms with van der Waals surface area (Å²) in [6.45, 7) is 1.65. The molecule has 8 heteroatoms. The fourth-order valence-corrected chi connectivity index (χ4v) is 2.34. The second-order valence-corrected chi connectivity index (χ2v) is 5.64. The monoisotopic (exact) mass is 355 g/mol. The van der Waals surface area contributed by atoms with Crippen LogP contribution in [0.1, 0.15) is 5.56 Å². The van der Waals surface area contributed by atoms with Crippen molar-refractivity contribution in [1.82, 2.24) is 0 Å². The molecule has 0 bridgehead atoms. The SMILES string of the molecule is Cc1c(NC(=S)Nc2ccc(Cl)c(Cl)c2)cccc1[N+](=O)[O-]. The van der Waals surface area contributed by atoms with Crippen molar-refractivity contribution < 1.29 is 4.92 Å². The van der Waals surface area contributed by atoms with Crippen LogP contribution in [-0.2, 0) is 0 Å². The third-order valence-corrected chi connectivity index (χ3v) is 3.87. The van der Waals surface area contributed by atoms with Gasteiger partial charge in [-0.1, -0.05) is 29.3 Å². The van der Waals surface area contributed by atoms with Crippen LogP contribution in [0.4, 0.5) is 17.1 Å². The fraction of sp³-hybridized carbons (Fsp3) is 0.0714. The molecule has 0 atom stereocenters. The Morgan fingerprint density at radius 1 is 1.18 bits per heavy atom. The van der Waals surface area contributed by atoms with Crippen molar-refractivity contribution in [2.75, 3.05) is 10.6 Å². The van der Waals surface area contributed by atoms with Crippen LogP contribution in [0.3, 0.4) is 0 Å². The summed E-state index contributed by atoms with van der Waals surface area (Å²) < 4.78 is 0. The van der Waals surface area contributed by atoms with Gasteiger partial charge in [-0.15, -0.1) is 0 Å². The molecule has 0 unspecified atom stereocenters. The van der Waals surface area contributed by atoms with Gasteiger partial charge in [-0.2, -0.15) is 0 Å². The minimum absolute atomic E-state index is 0.0299. The Balaban J connectivity index is 2.14. The van der Waals surface area contributed by atoms with Gasteiger partial charge in [-0.3, -0.25) is 10.1 Å². The van der Waals surface area contributed by atoms with Crippen molar-refractivity contribution >= 4 is 57.6 Å². The molecule has 114 valence electrons. The molecule has 0 radical (unpaired) electrons. The lowest BCUT2D eigenvalue weighted by molar-refractivity contribution is -0.385. The second kappa shape index (κ2) is 6.91. The van der Waals surface area contributed by atoms with Gasteiger partial charge < -0.3 is 10.6 Å². The van der Waals surface area contributed by atoms with E-state index in [-0.39, 0.29) is 5.69 Å². The highest BCUT2D eigenvalue weighted by Crippen LogP contribution is 2.27. The molecule has 2 aromatic rings. The number of benzene rings is 2. The van der Waals surface area contributed by atoms with Gasteiger partial charge in [0.1, 0.15) is 0 Å². The van der Waals surface area contributed by atoms with Gasteiger partial charge in [0, 0.05) is 11.8 Å². The topological polar surface area (TPSA) is 67.2 Å². The highest BCUT2D eigenvalue weighted by Gasteiger charge is 2.13. The van der Waals surface area contributed by atoms with Crippen LogP contribution in [0.5, 0.6) is 0 Å². The van der Waals surface area contributed by atoms with Gasteiger partial charge in [0.2, 0.25) is 0 Å². The predicted molar refractivity (Wildman–Crippen MR) is 94.1 cm³/mol. The normalized spacial score (nSPS) is 10.1. The number of thiocarbonyl (C=S) groups is 1. The van der Waals surface area contributed by atoms with Gasteiger partial charge in [0.15, 0.2) is 5.11 Å². The molecular formula is C14H11Cl2N3O2S. The lowest BCUT2D eigenvalue weighted by Gasteiger charge is -2.13. The Hall–Kier alpha value is -1.89. The first-order chi connectivity index (χ1) is 10.4. The molecule has 0 aromatic heterocycles. The summed E-state index contributed by atoms with van der Waals surface area (Å²) >= 11 is 17.0. The average Bonchev–Trinajstić information content (AvgIpc) is 2.45. The number of nitrogens with one attached hydrogen (secondary N) is 2. The van der Waals surface area contributed by atoms with E-state index in [4.69, 9.17) is 35.4 Å². The molecule has 2 aromatic carbocycles. The molecule has 5 nitrogen and oxygen atoms in total. The summed E-state index contributed by atoms with van der Waals surface area (Å²) in [5.41, 5.74) is 1.76. The maximum absolute atomic E-state index is 10.9. The second-order valence-electron chi connectivity index (χ2n) is 4.41. The van der Waals surface area contributed by atoms with E-state index in [1.165, 1.54) is 6.07 Å². The zero-order chi connectivity index (χ0) is 16.3. The molecule has 0 amide bonds. The van der Waals surface area contributed by atoms with Crippen molar-refractivity contribution in [3.8, 4) is 0 Å². The van der Waals surface area contributed by atoms with Crippen LogP contribution in [0.15, 0.2) is 36.4 Å². The number of nitrogens with zero attached hydrogens (tertiary/aromatic N) is 1. The molecule has 2 N–H and O–H groups in total. The molecule has 0 saturated heterocycles. The van der Waals surface area contributed by atoms with E-state index < -0.39 is 4.92 Å². The standard InChI is InChI=1S/C14H11Cl2N3O2S/c1-8-12(3-2-4-13(8)19(20)21)18-14(22)17-9-5-6-10(15)11(16)7-9/h2-7H,1H3,(H2,17,18,22). The maximum Gasteiger partial charge on any atom is 0.274 e. The molecule has 2 rings (SSSR count). The first-order valence-corrected chi connectivity index (χ1v) is 7.32. The molecular weight excluding hydrogens is 345 g/mol. The maximum atomic E-state index is 10.9. The zero-order valence-electron chi connectivity index (χ0n) is 11.4. The minimum atomic E-state index is -0.435. The van der Waals surface area contributed by atoms with Crippen LogP contribution in [0, 0.1) is 17.0 Å². The Morgan fingerprint density at radius 3 is 2.55 bits per heavy atom. The van der Waals surface area contributed by atoms with Crippen LogP contribution < -0.4 is 10.6 Å². The first kappa shape index (κ1) is 16.5. The number of nitro benzene ring substituents is 1. The largest absolute Gasteiger partial charge is 0.332 e. The molecule has 0 spiro atoms. The molecule has 0 aliphatic carbocycles. The molecule has 22 heavy (non-hydrogen) atoms. The molecule has 0 fully saturated rings. The van der Waals surface area contributed by atoms with Crippen LogP contribution in [0.25, 0.3) is 0 Å².